The molecule has 1 atom stereocenters. The van der Waals surface area contributed by atoms with E-state index in [1.54, 1.807) is 12.1 Å². The van der Waals surface area contributed by atoms with Gasteiger partial charge in [0.1, 0.15) is 16.6 Å². The zero-order valence-corrected chi connectivity index (χ0v) is 20.4. The molecular formula is C23H23ClFN7OS. The average molecular weight is 500 g/mol. The summed E-state index contributed by atoms with van der Waals surface area (Å²) in [5.74, 6) is 0.0842. The molecule has 6 rings (SSSR count). The number of nitrogens with zero attached hydrogens (tertiary/aromatic N) is 7. The van der Waals surface area contributed by atoms with E-state index in [-0.39, 0.29) is 6.10 Å². The van der Waals surface area contributed by atoms with Crippen LogP contribution in [0.3, 0.4) is 0 Å². The lowest BCUT2D eigenvalue weighted by atomic mass is 10.1. The topological polar surface area (TPSA) is 72.2 Å². The van der Waals surface area contributed by atoms with Gasteiger partial charge in [-0.05, 0) is 31.0 Å². The van der Waals surface area contributed by atoms with E-state index in [1.807, 2.05) is 29.9 Å². The molecule has 0 amide bonds. The molecule has 1 saturated heterocycles. The molecule has 34 heavy (non-hydrogen) atoms. The van der Waals surface area contributed by atoms with E-state index in [2.05, 4.69) is 21.2 Å². The van der Waals surface area contributed by atoms with Crippen LogP contribution in [0.5, 0.6) is 0 Å². The van der Waals surface area contributed by atoms with Crippen molar-refractivity contribution in [2.45, 2.75) is 25.0 Å². The SMILES string of the molecule is CN(C)c1nc2nc(N3CCOC(c4cnn(C5CC5)c4)C3)nc(-c3ccc(Cl)cc3F)c2s1. The summed E-state index contributed by atoms with van der Waals surface area (Å²) in [5, 5.41) is 5.63. The molecule has 4 heterocycles. The number of fused-ring (bicyclic) bond motifs is 1. The molecule has 176 valence electrons. The highest BCUT2D eigenvalue weighted by Crippen LogP contribution is 2.38. The Morgan fingerprint density at radius 1 is 1.21 bits per heavy atom. The van der Waals surface area contributed by atoms with Gasteiger partial charge in [-0.2, -0.15) is 15.1 Å². The summed E-state index contributed by atoms with van der Waals surface area (Å²) in [6.45, 7) is 1.74. The van der Waals surface area contributed by atoms with Gasteiger partial charge in [-0.15, -0.1) is 0 Å². The minimum absolute atomic E-state index is 0.135. The first kappa shape index (κ1) is 21.7. The Kier molecular flexibility index (Phi) is 5.39. The maximum atomic E-state index is 14.9. The van der Waals surface area contributed by atoms with Crippen molar-refractivity contribution in [2.75, 3.05) is 43.6 Å². The van der Waals surface area contributed by atoms with E-state index in [1.165, 1.54) is 30.2 Å². The molecule has 11 heteroatoms. The minimum atomic E-state index is -0.425. The van der Waals surface area contributed by atoms with Crippen molar-refractivity contribution < 1.29 is 9.13 Å². The Morgan fingerprint density at radius 2 is 2.06 bits per heavy atom. The predicted molar refractivity (Wildman–Crippen MR) is 131 cm³/mol. The second kappa shape index (κ2) is 8.44. The molecule has 1 saturated carbocycles. The van der Waals surface area contributed by atoms with Gasteiger partial charge in [0.15, 0.2) is 10.8 Å². The van der Waals surface area contributed by atoms with Crippen molar-refractivity contribution in [3.63, 3.8) is 0 Å². The van der Waals surface area contributed by atoms with E-state index in [0.717, 1.165) is 15.4 Å². The summed E-state index contributed by atoms with van der Waals surface area (Å²) in [5.41, 5.74) is 2.49. The van der Waals surface area contributed by atoms with Crippen LogP contribution >= 0.6 is 22.9 Å². The van der Waals surface area contributed by atoms with Crippen LogP contribution in [0.1, 0.15) is 30.6 Å². The number of anilines is 2. The van der Waals surface area contributed by atoms with Crippen molar-refractivity contribution in [1.82, 2.24) is 24.7 Å². The second-order valence-electron chi connectivity index (χ2n) is 8.83. The summed E-state index contributed by atoms with van der Waals surface area (Å²) >= 11 is 7.44. The van der Waals surface area contributed by atoms with E-state index in [4.69, 9.17) is 26.3 Å². The van der Waals surface area contributed by atoms with Gasteiger partial charge in [-0.25, -0.2) is 9.37 Å². The number of ether oxygens (including phenoxy) is 1. The average Bonchev–Trinajstić information content (AvgIpc) is 3.38. The normalized spacial score (nSPS) is 18.6. The van der Waals surface area contributed by atoms with Gasteiger partial charge < -0.3 is 14.5 Å². The summed E-state index contributed by atoms with van der Waals surface area (Å²) in [4.78, 5) is 18.3. The minimum Gasteiger partial charge on any atom is -0.370 e. The predicted octanol–water partition coefficient (Wildman–Crippen LogP) is 4.72. The third kappa shape index (κ3) is 3.99. The van der Waals surface area contributed by atoms with Crippen LogP contribution in [-0.2, 0) is 4.74 Å². The first-order valence-corrected chi connectivity index (χ1v) is 12.4. The van der Waals surface area contributed by atoms with Crippen molar-refractivity contribution in [3.8, 4) is 11.3 Å². The van der Waals surface area contributed by atoms with Gasteiger partial charge in [-0.3, -0.25) is 4.68 Å². The molecule has 1 unspecified atom stereocenters. The fourth-order valence-corrected chi connectivity index (χ4v) is 5.18. The first-order valence-electron chi connectivity index (χ1n) is 11.2. The molecule has 4 aromatic rings. The van der Waals surface area contributed by atoms with E-state index in [9.17, 15) is 4.39 Å². The number of rotatable bonds is 5. The molecule has 0 spiro atoms. The van der Waals surface area contributed by atoms with Crippen LogP contribution in [0.25, 0.3) is 21.6 Å². The molecule has 3 aromatic heterocycles. The van der Waals surface area contributed by atoms with Crippen molar-refractivity contribution in [2.24, 2.45) is 0 Å². The smallest absolute Gasteiger partial charge is 0.228 e. The van der Waals surface area contributed by atoms with Crippen LogP contribution < -0.4 is 9.80 Å². The molecule has 0 radical (unpaired) electrons. The number of benzene rings is 1. The molecule has 1 aliphatic carbocycles. The maximum absolute atomic E-state index is 14.9. The van der Waals surface area contributed by atoms with Crippen LogP contribution in [0.15, 0.2) is 30.6 Å². The first-order chi connectivity index (χ1) is 16.5. The number of aromatic nitrogens is 5. The number of morpholine rings is 1. The number of halogens is 2. The van der Waals surface area contributed by atoms with Gasteiger partial charge in [0, 0.05) is 43.0 Å². The van der Waals surface area contributed by atoms with Gasteiger partial charge in [-0.1, -0.05) is 22.9 Å². The highest BCUT2D eigenvalue weighted by atomic mass is 35.5. The molecule has 2 fully saturated rings. The monoisotopic (exact) mass is 499 g/mol. The van der Waals surface area contributed by atoms with E-state index in [0.29, 0.717) is 53.6 Å². The van der Waals surface area contributed by atoms with Crippen molar-refractivity contribution >= 4 is 44.4 Å². The lowest BCUT2D eigenvalue weighted by Crippen LogP contribution is -2.39. The summed E-state index contributed by atoms with van der Waals surface area (Å²) in [6.07, 6.45) is 6.19. The Morgan fingerprint density at radius 3 is 2.82 bits per heavy atom. The van der Waals surface area contributed by atoms with E-state index < -0.39 is 5.82 Å². The van der Waals surface area contributed by atoms with Crippen LogP contribution in [0, 0.1) is 5.82 Å². The van der Waals surface area contributed by atoms with Gasteiger partial charge in [0.05, 0.1) is 31.1 Å². The fraction of sp³-hybridized carbons (Fsp3) is 0.391. The number of thiazole rings is 1. The third-order valence-corrected chi connectivity index (χ3v) is 7.52. The van der Waals surface area contributed by atoms with Crippen molar-refractivity contribution in [1.29, 1.82) is 0 Å². The Labute approximate surface area is 205 Å². The van der Waals surface area contributed by atoms with Crippen LogP contribution in [0.4, 0.5) is 15.5 Å². The third-order valence-electron chi connectivity index (χ3n) is 6.06. The van der Waals surface area contributed by atoms with Crippen LogP contribution in [-0.4, -0.2) is 58.5 Å². The second-order valence-corrected chi connectivity index (χ2v) is 10.2. The largest absolute Gasteiger partial charge is 0.370 e. The van der Waals surface area contributed by atoms with Gasteiger partial charge in [0.2, 0.25) is 5.95 Å². The van der Waals surface area contributed by atoms with E-state index >= 15 is 0 Å². The summed E-state index contributed by atoms with van der Waals surface area (Å²) in [7, 11) is 3.84. The van der Waals surface area contributed by atoms with Crippen molar-refractivity contribution in [3.05, 3.63) is 47.0 Å². The standard InChI is InChI=1S/C23H23ClFN7OS/c1-30(2)23-29-21-20(34-23)19(16-6-3-14(24)9-17(16)25)27-22(28-21)31-7-8-33-18(12-31)13-10-26-32(11-13)15-4-5-15/h3,6,9-11,15,18H,4-5,7-8,12H2,1-2H3. The van der Waals surface area contributed by atoms with Crippen LogP contribution in [0.2, 0.25) is 5.02 Å². The highest BCUT2D eigenvalue weighted by molar-refractivity contribution is 7.22. The molecule has 0 bridgehead atoms. The molecule has 1 aliphatic heterocycles. The molecule has 2 aliphatic rings. The fourth-order valence-electron chi connectivity index (χ4n) is 4.09. The Bertz CT molecular complexity index is 1370. The lowest BCUT2D eigenvalue weighted by Gasteiger charge is -2.32. The van der Waals surface area contributed by atoms with Gasteiger partial charge >= 0.3 is 0 Å². The molecule has 1 aromatic carbocycles. The zero-order chi connectivity index (χ0) is 23.4. The highest BCUT2D eigenvalue weighted by Gasteiger charge is 2.29. The molecular weight excluding hydrogens is 477 g/mol. The zero-order valence-electron chi connectivity index (χ0n) is 18.8. The number of hydrogen-bond donors (Lipinski definition) is 0. The quantitative estimate of drug-likeness (QED) is 0.393. The summed E-state index contributed by atoms with van der Waals surface area (Å²) < 4.78 is 23.8. The maximum Gasteiger partial charge on any atom is 0.228 e. The Balaban J connectivity index is 1.39. The Hall–Kier alpha value is -2.82. The molecule has 0 N–H and O–H groups in total. The summed E-state index contributed by atoms with van der Waals surface area (Å²) in [6, 6.07) is 5.16. The lowest BCUT2D eigenvalue weighted by molar-refractivity contribution is 0.0392. The molecule has 8 nitrogen and oxygen atoms in total. The van der Waals surface area contributed by atoms with Gasteiger partial charge in [0.25, 0.3) is 0 Å². The number of hydrogen-bond acceptors (Lipinski definition) is 8.